The van der Waals surface area contributed by atoms with Crippen molar-refractivity contribution in [2.24, 2.45) is 5.73 Å². The Morgan fingerprint density at radius 2 is 2.26 bits per heavy atom. The molecule has 0 fully saturated rings. The molecule has 0 aliphatic carbocycles. The van der Waals surface area contributed by atoms with E-state index in [9.17, 15) is 4.79 Å². The zero-order valence-electron chi connectivity index (χ0n) is 11.3. The molecule has 2 rings (SSSR count). The van der Waals surface area contributed by atoms with Crippen molar-refractivity contribution >= 4 is 21.9 Å². The van der Waals surface area contributed by atoms with Crippen LogP contribution in [-0.4, -0.2) is 24.7 Å². The highest BCUT2D eigenvalue weighted by atomic mass is 79.9. The fourth-order valence-corrected chi connectivity index (χ4v) is 2.80. The van der Waals surface area contributed by atoms with Gasteiger partial charge in [0.2, 0.25) is 0 Å². The van der Waals surface area contributed by atoms with Crippen molar-refractivity contribution in [3.63, 3.8) is 0 Å². The minimum absolute atomic E-state index is 0.226. The Balaban J connectivity index is 2.30. The van der Waals surface area contributed by atoms with Crippen LogP contribution in [0.15, 0.2) is 16.6 Å². The molecule has 4 nitrogen and oxygen atoms in total. The molecule has 104 valence electrons. The van der Waals surface area contributed by atoms with Gasteiger partial charge >= 0.3 is 5.97 Å². The van der Waals surface area contributed by atoms with Crippen LogP contribution < -0.4 is 10.5 Å². The van der Waals surface area contributed by atoms with Crippen LogP contribution in [0.1, 0.15) is 25.0 Å². The number of halogens is 1. The maximum absolute atomic E-state index is 11.4. The maximum Gasteiger partial charge on any atom is 0.322 e. The smallest absolute Gasteiger partial charge is 0.322 e. The van der Waals surface area contributed by atoms with Crippen LogP contribution in [0.3, 0.4) is 0 Å². The summed E-state index contributed by atoms with van der Waals surface area (Å²) in [5.74, 6) is 0.467. The lowest BCUT2D eigenvalue weighted by molar-refractivity contribution is -0.142. The van der Waals surface area contributed by atoms with Crippen molar-refractivity contribution in [3.05, 3.63) is 27.7 Å². The molecule has 0 amide bonds. The first-order chi connectivity index (χ1) is 8.84. The summed E-state index contributed by atoms with van der Waals surface area (Å²) in [5.41, 5.74) is 7.77. The molecular formula is C14H18BrNO3. The fourth-order valence-electron chi connectivity index (χ4n) is 2.35. The lowest BCUT2D eigenvalue weighted by Gasteiger charge is -2.17. The zero-order chi connectivity index (χ0) is 14.2. The molecule has 0 radical (unpaired) electrons. The Hall–Kier alpha value is -1.07. The molecule has 0 aromatic heterocycles. The zero-order valence-corrected chi connectivity index (χ0v) is 12.9. The van der Waals surface area contributed by atoms with Crippen LogP contribution in [0.5, 0.6) is 5.75 Å². The molecule has 1 aliphatic heterocycles. The van der Waals surface area contributed by atoms with Crippen LogP contribution in [0.4, 0.5) is 0 Å². The van der Waals surface area contributed by atoms with E-state index < -0.39 is 12.0 Å². The first-order valence-corrected chi connectivity index (χ1v) is 6.96. The molecule has 1 aromatic carbocycles. The number of carbonyl (C=O) groups excluding carboxylic acids is 1. The van der Waals surface area contributed by atoms with Gasteiger partial charge < -0.3 is 15.2 Å². The van der Waals surface area contributed by atoms with E-state index >= 15 is 0 Å². The molecule has 0 saturated heterocycles. The highest BCUT2D eigenvalue weighted by molar-refractivity contribution is 9.10. The minimum Gasteiger partial charge on any atom is -0.486 e. The van der Waals surface area contributed by atoms with E-state index in [1.54, 1.807) is 0 Å². The Kier molecular flexibility index (Phi) is 3.87. The third-order valence-corrected chi connectivity index (χ3v) is 3.86. The summed E-state index contributed by atoms with van der Waals surface area (Å²) < 4.78 is 11.5. The Bertz CT molecular complexity index is 514. The van der Waals surface area contributed by atoms with Crippen molar-refractivity contribution in [1.82, 2.24) is 0 Å². The predicted molar refractivity (Wildman–Crippen MR) is 76.2 cm³/mol. The van der Waals surface area contributed by atoms with Gasteiger partial charge in [-0.25, -0.2) is 0 Å². The predicted octanol–water partition coefficient (Wildman–Crippen LogP) is 2.21. The molecule has 1 aliphatic rings. The average Bonchev–Trinajstić information content (AvgIpc) is 2.68. The monoisotopic (exact) mass is 327 g/mol. The van der Waals surface area contributed by atoms with Gasteiger partial charge in [0.1, 0.15) is 17.4 Å². The average molecular weight is 328 g/mol. The van der Waals surface area contributed by atoms with E-state index in [0.717, 1.165) is 27.8 Å². The van der Waals surface area contributed by atoms with Crippen LogP contribution in [-0.2, 0) is 22.4 Å². The van der Waals surface area contributed by atoms with Crippen molar-refractivity contribution in [1.29, 1.82) is 0 Å². The van der Waals surface area contributed by atoms with Crippen LogP contribution >= 0.6 is 15.9 Å². The second kappa shape index (κ2) is 5.13. The van der Waals surface area contributed by atoms with E-state index in [1.807, 2.05) is 26.0 Å². The lowest BCUT2D eigenvalue weighted by atomic mass is 9.94. The van der Waals surface area contributed by atoms with Crippen molar-refractivity contribution < 1.29 is 14.3 Å². The molecule has 0 saturated carbocycles. The molecule has 1 aromatic rings. The van der Waals surface area contributed by atoms with Crippen molar-refractivity contribution in [3.8, 4) is 5.75 Å². The molecule has 1 atom stereocenters. The first-order valence-electron chi connectivity index (χ1n) is 6.17. The number of hydrogen-bond donors (Lipinski definition) is 1. The molecule has 19 heavy (non-hydrogen) atoms. The van der Waals surface area contributed by atoms with E-state index in [0.29, 0.717) is 6.42 Å². The lowest BCUT2D eigenvalue weighted by Crippen LogP contribution is -2.34. The van der Waals surface area contributed by atoms with Crippen LogP contribution in [0.25, 0.3) is 0 Å². The second-order valence-corrected chi connectivity index (χ2v) is 6.24. The molecule has 5 heteroatoms. The van der Waals surface area contributed by atoms with Gasteiger partial charge in [0.15, 0.2) is 0 Å². The third kappa shape index (κ3) is 2.92. The van der Waals surface area contributed by atoms with E-state index in [4.69, 9.17) is 10.5 Å². The van der Waals surface area contributed by atoms with Crippen LogP contribution in [0.2, 0.25) is 0 Å². The summed E-state index contributed by atoms with van der Waals surface area (Å²) >= 11 is 3.49. The summed E-state index contributed by atoms with van der Waals surface area (Å²) in [5, 5.41) is 0. The largest absolute Gasteiger partial charge is 0.486 e. The van der Waals surface area contributed by atoms with Gasteiger partial charge in [-0.3, -0.25) is 4.79 Å². The Labute approximate surface area is 121 Å². The summed E-state index contributed by atoms with van der Waals surface area (Å²) in [6.45, 7) is 4.09. The fraction of sp³-hybridized carbons (Fsp3) is 0.500. The van der Waals surface area contributed by atoms with Gasteiger partial charge in [0.05, 0.1) is 11.6 Å². The number of carbonyl (C=O) groups is 1. The summed E-state index contributed by atoms with van der Waals surface area (Å²) in [7, 11) is 1.35. The SMILES string of the molecule is COC(=O)[C@@H](N)Cc1ccc(Br)c2c1CC(C)(C)O2. The number of ether oxygens (including phenoxy) is 2. The molecule has 0 bridgehead atoms. The molecule has 0 spiro atoms. The number of hydrogen-bond acceptors (Lipinski definition) is 4. The quantitative estimate of drug-likeness (QED) is 0.864. The number of esters is 1. The number of benzene rings is 1. The summed E-state index contributed by atoms with van der Waals surface area (Å²) in [6, 6.07) is 3.27. The van der Waals surface area contributed by atoms with Crippen molar-refractivity contribution in [2.45, 2.75) is 38.3 Å². The highest BCUT2D eigenvalue weighted by Crippen LogP contribution is 2.42. The molecule has 2 N–H and O–H groups in total. The molecular weight excluding hydrogens is 310 g/mol. The standard InChI is InChI=1S/C14H18BrNO3/c1-14(2)7-9-8(6-11(16)13(17)18-3)4-5-10(15)12(9)19-14/h4-5,11H,6-7,16H2,1-3H3/t11-/m0/s1. The van der Waals surface area contributed by atoms with E-state index in [1.165, 1.54) is 7.11 Å². The number of fused-ring (bicyclic) bond motifs is 1. The first kappa shape index (κ1) is 14.3. The molecule has 0 unspecified atom stereocenters. The van der Waals surface area contributed by atoms with Gasteiger partial charge in [0.25, 0.3) is 0 Å². The summed E-state index contributed by atoms with van der Waals surface area (Å²) in [4.78, 5) is 11.4. The van der Waals surface area contributed by atoms with E-state index in [-0.39, 0.29) is 5.60 Å². The maximum atomic E-state index is 11.4. The Morgan fingerprint density at radius 3 is 2.89 bits per heavy atom. The van der Waals surface area contributed by atoms with E-state index in [2.05, 4.69) is 20.7 Å². The van der Waals surface area contributed by atoms with Gasteiger partial charge in [-0.1, -0.05) is 6.07 Å². The highest BCUT2D eigenvalue weighted by Gasteiger charge is 2.33. The molecule has 1 heterocycles. The minimum atomic E-state index is -0.640. The van der Waals surface area contributed by atoms with Gasteiger partial charge in [-0.05, 0) is 47.8 Å². The van der Waals surface area contributed by atoms with Gasteiger partial charge in [-0.15, -0.1) is 0 Å². The number of methoxy groups -OCH3 is 1. The van der Waals surface area contributed by atoms with Crippen molar-refractivity contribution in [2.75, 3.05) is 7.11 Å². The van der Waals surface area contributed by atoms with Crippen LogP contribution in [0, 0.1) is 0 Å². The number of nitrogens with two attached hydrogens (primary N) is 1. The van der Waals surface area contributed by atoms with Gasteiger partial charge in [-0.2, -0.15) is 0 Å². The normalized spacial score (nSPS) is 17.5. The third-order valence-electron chi connectivity index (χ3n) is 3.23. The summed E-state index contributed by atoms with van der Waals surface area (Å²) in [6.07, 6.45) is 1.27. The second-order valence-electron chi connectivity index (χ2n) is 5.39. The number of rotatable bonds is 3. The van der Waals surface area contributed by atoms with Gasteiger partial charge in [0, 0.05) is 12.0 Å². The Morgan fingerprint density at radius 1 is 1.58 bits per heavy atom. The topological polar surface area (TPSA) is 61.5 Å².